The van der Waals surface area contributed by atoms with Crippen molar-refractivity contribution in [3.63, 3.8) is 0 Å². The molecule has 20 heavy (non-hydrogen) atoms. The number of benzene rings is 1. The van der Waals surface area contributed by atoms with Crippen LogP contribution < -0.4 is 0 Å². The summed E-state index contributed by atoms with van der Waals surface area (Å²) < 4.78 is 5.11. The molecule has 4 nitrogen and oxygen atoms in total. The van der Waals surface area contributed by atoms with Crippen molar-refractivity contribution >= 4 is 5.97 Å². The maximum atomic E-state index is 12.1. The standard InChI is InChI=1S/C16H24O4/c1-7-18-8-9-19-20-16(17)15-13(5)11(3)10(2)12(4)14(15)6/h7-9H2,1-6H3. The van der Waals surface area contributed by atoms with Crippen molar-refractivity contribution < 1.29 is 19.3 Å². The molecule has 0 atom stereocenters. The fraction of sp³-hybridized carbons (Fsp3) is 0.562. The number of carbonyl (C=O) groups excluding carboxylic acids is 1. The molecule has 0 aliphatic rings. The Balaban J connectivity index is 2.83. The summed E-state index contributed by atoms with van der Waals surface area (Å²) in [5.74, 6) is -0.442. The lowest BCUT2D eigenvalue weighted by Crippen LogP contribution is -2.14. The first-order valence-electron chi connectivity index (χ1n) is 6.90. The monoisotopic (exact) mass is 280 g/mol. The molecule has 1 aromatic carbocycles. The summed E-state index contributed by atoms with van der Waals surface area (Å²) in [6, 6.07) is 0. The zero-order chi connectivity index (χ0) is 15.3. The molecule has 1 rings (SSSR count). The molecule has 0 heterocycles. The van der Waals surface area contributed by atoms with E-state index in [1.165, 1.54) is 5.56 Å². The Labute approximate surface area is 121 Å². The predicted molar refractivity (Wildman–Crippen MR) is 78.0 cm³/mol. The van der Waals surface area contributed by atoms with E-state index in [0.717, 1.165) is 22.3 Å². The molecular formula is C16H24O4. The summed E-state index contributed by atoms with van der Waals surface area (Å²) in [6.45, 7) is 13.1. The van der Waals surface area contributed by atoms with Gasteiger partial charge in [-0.3, -0.25) is 4.89 Å². The third kappa shape index (κ3) is 3.58. The average Bonchev–Trinajstić information content (AvgIpc) is 2.43. The van der Waals surface area contributed by atoms with Crippen LogP contribution in [0.2, 0.25) is 0 Å². The molecule has 0 saturated heterocycles. The van der Waals surface area contributed by atoms with Crippen LogP contribution in [0.3, 0.4) is 0 Å². The molecule has 0 saturated carbocycles. The van der Waals surface area contributed by atoms with Gasteiger partial charge in [0, 0.05) is 6.61 Å². The Bertz CT molecular complexity index is 463. The van der Waals surface area contributed by atoms with Crippen LogP contribution in [-0.2, 0) is 14.5 Å². The van der Waals surface area contributed by atoms with E-state index in [1.54, 1.807) is 0 Å². The molecule has 0 spiro atoms. The first kappa shape index (κ1) is 16.7. The second-order valence-corrected chi connectivity index (χ2v) is 4.89. The summed E-state index contributed by atoms with van der Waals surface area (Å²) in [5, 5.41) is 0. The lowest BCUT2D eigenvalue weighted by molar-refractivity contribution is -0.247. The SMILES string of the molecule is CCOCCOOC(=O)c1c(C)c(C)c(C)c(C)c1C. The van der Waals surface area contributed by atoms with Gasteiger partial charge in [-0.05, 0) is 69.4 Å². The third-order valence-corrected chi connectivity index (χ3v) is 3.85. The molecule has 0 radical (unpaired) electrons. The lowest BCUT2D eigenvalue weighted by Gasteiger charge is -2.17. The first-order chi connectivity index (χ1) is 9.41. The van der Waals surface area contributed by atoms with E-state index in [4.69, 9.17) is 14.5 Å². The maximum Gasteiger partial charge on any atom is 0.373 e. The zero-order valence-corrected chi connectivity index (χ0v) is 13.3. The highest BCUT2D eigenvalue weighted by molar-refractivity contribution is 5.93. The van der Waals surface area contributed by atoms with Gasteiger partial charge >= 0.3 is 5.97 Å². The highest BCUT2D eigenvalue weighted by Gasteiger charge is 2.20. The minimum Gasteiger partial charge on any atom is -0.379 e. The molecule has 0 aliphatic carbocycles. The molecule has 112 valence electrons. The largest absolute Gasteiger partial charge is 0.379 e. The molecule has 0 aliphatic heterocycles. The zero-order valence-electron chi connectivity index (χ0n) is 13.3. The smallest absolute Gasteiger partial charge is 0.373 e. The van der Waals surface area contributed by atoms with Crippen LogP contribution in [0.25, 0.3) is 0 Å². The van der Waals surface area contributed by atoms with Crippen molar-refractivity contribution in [1.82, 2.24) is 0 Å². The predicted octanol–water partition coefficient (Wildman–Crippen LogP) is 3.35. The highest BCUT2D eigenvalue weighted by Crippen LogP contribution is 2.26. The lowest BCUT2D eigenvalue weighted by atomic mass is 9.90. The Morgan fingerprint density at radius 1 is 0.850 bits per heavy atom. The van der Waals surface area contributed by atoms with E-state index in [0.29, 0.717) is 18.8 Å². The van der Waals surface area contributed by atoms with Crippen LogP contribution in [0, 0.1) is 34.6 Å². The van der Waals surface area contributed by atoms with E-state index in [2.05, 4.69) is 6.92 Å². The first-order valence-corrected chi connectivity index (χ1v) is 6.90. The Morgan fingerprint density at radius 3 is 1.85 bits per heavy atom. The second-order valence-electron chi connectivity index (χ2n) is 4.89. The third-order valence-electron chi connectivity index (χ3n) is 3.85. The van der Waals surface area contributed by atoms with Crippen LogP contribution in [-0.4, -0.2) is 25.8 Å². The minimum atomic E-state index is -0.442. The highest BCUT2D eigenvalue weighted by atomic mass is 17.2. The number of ether oxygens (including phenoxy) is 1. The van der Waals surface area contributed by atoms with E-state index in [9.17, 15) is 4.79 Å². The van der Waals surface area contributed by atoms with Gasteiger partial charge in [0.1, 0.15) is 6.61 Å². The minimum absolute atomic E-state index is 0.238. The van der Waals surface area contributed by atoms with E-state index >= 15 is 0 Å². The van der Waals surface area contributed by atoms with Gasteiger partial charge in [0.25, 0.3) is 0 Å². The topological polar surface area (TPSA) is 44.8 Å². The van der Waals surface area contributed by atoms with E-state index in [1.807, 2.05) is 34.6 Å². The van der Waals surface area contributed by atoms with Crippen molar-refractivity contribution in [1.29, 1.82) is 0 Å². The van der Waals surface area contributed by atoms with Crippen molar-refractivity contribution in [2.24, 2.45) is 0 Å². The van der Waals surface area contributed by atoms with Gasteiger partial charge in [-0.1, -0.05) is 0 Å². The molecule has 4 heteroatoms. The van der Waals surface area contributed by atoms with Gasteiger partial charge in [-0.25, -0.2) is 4.79 Å². The molecule has 0 N–H and O–H groups in total. The summed E-state index contributed by atoms with van der Waals surface area (Å²) in [6.07, 6.45) is 0. The molecule has 0 amide bonds. The van der Waals surface area contributed by atoms with Crippen molar-refractivity contribution in [3.8, 4) is 0 Å². The summed E-state index contributed by atoms with van der Waals surface area (Å²) in [4.78, 5) is 21.9. The van der Waals surface area contributed by atoms with Crippen LogP contribution in [0.1, 0.15) is 45.1 Å². The van der Waals surface area contributed by atoms with Crippen molar-refractivity contribution in [3.05, 3.63) is 33.4 Å². The van der Waals surface area contributed by atoms with Gasteiger partial charge < -0.3 is 4.74 Å². The molecule has 0 fully saturated rings. The van der Waals surface area contributed by atoms with Crippen molar-refractivity contribution in [2.75, 3.05) is 19.8 Å². The van der Waals surface area contributed by atoms with Crippen molar-refractivity contribution in [2.45, 2.75) is 41.5 Å². The number of carbonyl (C=O) groups is 1. The number of hydrogen-bond acceptors (Lipinski definition) is 4. The maximum absolute atomic E-state index is 12.1. The quantitative estimate of drug-likeness (QED) is 0.455. The molecular weight excluding hydrogens is 256 g/mol. The van der Waals surface area contributed by atoms with Crippen LogP contribution >= 0.6 is 0 Å². The fourth-order valence-corrected chi connectivity index (χ4v) is 2.18. The van der Waals surface area contributed by atoms with Crippen LogP contribution in [0.5, 0.6) is 0 Å². The number of rotatable bonds is 6. The fourth-order valence-electron chi connectivity index (χ4n) is 2.18. The van der Waals surface area contributed by atoms with Gasteiger partial charge in [0.2, 0.25) is 0 Å². The second kappa shape index (κ2) is 7.41. The van der Waals surface area contributed by atoms with E-state index in [-0.39, 0.29) is 6.61 Å². The molecule has 0 bridgehead atoms. The average molecular weight is 280 g/mol. The normalized spacial score (nSPS) is 10.7. The van der Waals surface area contributed by atoms with Crippen LogP contribution in [0.4, 0.5) is 0 Å². The Morgan fingerprint density at radius 2 is 1.35 bits per heavy atom. The van der Waals surface area contributed by atoms with Gasteiger partial charge in [-0.2, -0.15) is 4.89 Å². The van der Waals surface area contributed by atoms with Gasteiger partial charge in [-0.15, -0.1) is 0 Å². The Kier molecular flexibility index (Phi) is 6.17. The molecule has 1 aromatic rings. The summed E-state index contributed by atoms with van der Waals surface area (Å²) in [7, 11) is 0. The Hall–Kier alpha value is -1.39. The van der Waals surface area contributed by atoms with E-state index < -0.39 is 5.97 Å². The van der Waals surface area contributed by atoms with Gasteiger partial charge in [0.05, 0.1) is 12.2 Å². The summed E-state index contributed by atoms with van der Waals surface area (Å²) >= 11 is 0. The number of hydrogen-bond donors (Lipinski definition) is 0. The molecule has 0 unspecified atom stereocenters. The van der Waals surface area contributed by atoms with Gasteiger partial charge in [0.15, 0.2) is 0 Å². The summed E-state index contributed by atoms with van der Waals surface area (Å²) in [5.41, 5.74) is 5.95. The van der Waals surface area contributed by atoms with Crippen LogP contribution in [0.15, 0.2) is 0 Å². The molecule has 0 aromatic heterocycles.